The van der Waals surface area contributed by atoms with Crippen LogP contribution in [0.4, 0.5) is 5.69 Å². The van der Waals surface area contributed by atoms with Crippen LogP contribution in [-0.4, -0.2) is 23.1 Å². The average molecular weight is 282 g/mol. The largest absolute Gasteiger partial charge is 0.399 e. The molecule has 0 amide bonds. The first kappa shape index (κ1) is 14.1. The molecule has 3 nitrogen and oxygen atoms in total. The molecule has 2 aromatic rings. The smallest absolute Gasteiger partial charge is 0.0920 e. The standard InChI is InChI=1S/C18H22N2O/c19-17-8-6-15(7-9-17)14-20-12-10-18(21,11-13-20)16-4-2-1-3-5-16/h1-9,21H,10-14,19H2. The molecule has 0 aromatic heterocycles. The Balaban J connectivity index is 1.61. The van der Waals surface area contributed by atoms with Gasteiger partial charge in [0, 0.05) is 25.3 Å². The molecule has 1 saturated heterocycles. The summed E-state index contributed by atoms with van der Waals surface area (Å²) >= 11 is 0. The van der Waals surface area contributed by atoms with Gasteiger partial charge in [0.15, 0.2) is 0 Å². The van der Waals surface area contributed by atoms with Gasteiger partial charge in [-0.3, -0.25) is 4.90 Å². The van der Waals surface area contributed by atoms with E-state index in [1.165, 1.54) is 5.56 Å². The predicted octanol–water partition coefficient (Wildman–Crippen LogP) is 2.75. The van der Waals surface area contributed by atoms with E-state index in [9.17, 15) is 5.11 Å². The SMILES string of the molecule is Nc1ccc(CN2CCC(O)(c3ccccc3)CC2)cc1. The first-order chi connectivity index (χ1) is 10.2. The van der Waals surface area contributed by atoms with Crippen LogP contribution < -0.4 is 5.73 Å². The Kier molecular flexibility index (Phi) is 3.95. The Morgan fingerprint density at radius 2 is 1.57 bits per heavy atom. The topological polar surface area (TPSA) is 49.5 Å². The van der Waals surface area contributed by atoms with E-state index in [4.69, 9.17) is 5.73 Å². The third-order valence-electron chi connectivity index (χ3n) is 4.38. The number of rotatable bonds is 3. The maximum absolute atomic E-state index is 10.8. The third kappa shape index (κ3) is 3.26. The Labute approximate surface area is 126 Å². The number of likely N-dealkylation sites (tertiary alicyclic amines) is 1. The third-order valence-corrected chi connectivity index (χ3v) is 4.38. The normalized spacial score (nSPS) is 18.5. The van der Waals surface area contributed by atoms with Gasteiger partial charge in [0.2, 0.25) is 0 Å². The number of aliphatic hydroxyl groups is 1. The van der Waals surface area contributed by atoms with Crippen molar-refractivity contribution in [2.24, 2.45) is 0 Å². The van der Waals surface area contributed by atoms with Gasteiger partial charge in [0.1, 0.15) is 0 Å². The molecule has 0 unspecified atom stereocenters. The summed E-state index contributed by atoms with van der Waals surface area (Å²) in [6, 6.07) is 18.1. The lowest BCUT2D eigenvalue weighted by atomic mass is 9.84. The van der Waals surface area contributed by atoms with Gasteiger partial charge in [-0.1, -0.05) is 42.5 Å². The van der Waals surface area contributed by atoms with E-state index in [0.717, 1.165) is 43.7 Å². The summed E-state index contributed by atoms with van der Waals surface area (Å²) in [6.07, 6.45) is 1.57. The van der Waals surface area contributed by atoms with Crippen molar-refractivity contribution < 1.29 is 5.11 Å². The van der Waals surface area contributed by atoms with Crippen LogP contribution in [0, 0.1) is 0 Å². The van der Waals surface area contributed by atoms with Gasteiger partial charge in [-0.05, 0) is 36.1 Å². The van der Waals surface area contributed by atoms with Crippen molar-refractivity contribution in [1.29, 1.82) is 0 Å². The number of nitrogen functional groups attached to an aromatic ring is 1. The minimum absolute atomic E-state index is 0.668. The van der Waals surface area contributed by atoms with Gasteiger partial charge in [-0.2, -0.15) is 0 Å². The summed E-state index contributed by atoms with van der Waals surface area (Å²) in [4.78, 5) is 2.39. The number of benzene rings is 2. The zero-order chi connectivity index (χ0) is 14.7. The van der Waals surface area contributed by atoms with Crippen LogP contribution in [0.15, 0.2) is 54.6 Å². The first-order valence-corrected chi connectivity index (χ1v) is 7.50. The highest BCUT2D eigenvalue weighted by Gasteiger charge is 2.33. The van der Waals surface area contributed by atoms with E-state index >= 15 is 0 Å². The van der Waals surface area contributed by atoms with Gasteiger partial charge in [-0.15, -0.1) is 0 Å². The van der Waals surface area contributed by atoms with Crippen LogP contribution in [0.5, 0.6) is 0 Å². The molecule has 0 spiro atoms. The lowest BCUT2D eigenvalue weighted by Gasteiger charge is -2.38. The fourth-order valence-corrected chi connectivity index (χ4v) is 3.00. The van der Waals surface area contributed by atoms with Crippen molar-refractivity contribution in [1.82, 2.24) is 4.90 Å². The van der Waals surface area contributed by atoms with Crippen LogP contribution in [0.25, 0.3) is 0 Å². The van der Waals surface area contributed by atoms with Gasteiger partial charge >= 0.3 is 0 Å². The van der Waals surface area contributed by atoms with Crippen molar-refractivity contribution in [2.45, 2.75) is 25.0 Å². The molecule has 1 heterocycles. The van der Waals surface area contributed by atoms with Crippen LogP contribution in [-0.2, 0) is 12.1 Å². The molecule has 0 saturated carbocycles. The second-order valence-electron chi connectivity index (χ2n) is 5.92. The Morgan fingerprint density at radius 3 is 2.19 bits per heavy atom. The van der Waals surface area contributed by atoms with Crippen LogP contribution in [0.1, 0.15) is 24.0 Å². The lowest BCUT2D eigenvalue weighted by Crippen LogP contribution is -2.42. The zero-order valence-electron chi connectivity index (χ0n) is 12.2. The Morgan fingerprint density at radius 1 is 0.952 bits per heavy atom. The fraction of sp³-hybridized carbons (Fsp3) is 0.333. The molecular weight excluding hydrogens is 260 g/mol. The summed E-state index contributed by atoms with van der Waals surface area (Å²) in [6.45, 7) is 2.75. The summed E-state index contributed by atoms with van der Waals surface area (Å²) in [5.74, 6) is 0. The highest BCUT2D eigenvalue weighted by Crippen LogP contribution is 2.33. The molecule has 21 heavy (non-hydrogen) atoms. The molecule has 3 N–H and O–H groups in total. The van der Waals surface area contributed by atoms with Gasteiger partial charge in [-0.25, -0.2) is 0 Å². The summed E-state index contributed by atoms with van der Waals surface area (Å²) in [7, 11) is 0. The molecule has 0 aliphatic carbocycles. The van der Waals surface area contributed by atoms with E-state index in [2.05, 4.69) is 17.0 Å². The van der Waals surface area contributed by atoms with Crippen LogP contribution >= 0.6 is 0 Å². The van der Waals surface area contributed by atoms with E-state index < -0.39 is 5.60 Å². The van der Waals surface area contributed by atoms with Crippen molar-refractivity contribution >= 4 is 5.69 Å². The van der Waals surface area contributed by atoms with E-state index in [0.29, 0.717) is 0 Å². The molecule has 1 aliphatic rings. The van der Waals surface area contributed by atoms with Crippen molar-refractivity contribution in [3.05, 3.63) is 65.7 Å². The quantitative estimate of drug-likeness (QED) is 0.851. The maximum Gasteiger partial charge on any atom is 0.0920 e. The fourth-order valence-electron chi connectivity index (χ4n) is 3.00. The van der Waals surface area contributed by atoms with Gasteiger partial charge in [0.05, 0.1) is 5.60 Å². The molecule has 0 radical (unpaired) electrons. The highest BCUT2D eigenvalue weighted by molar-refractivity contribution is 5.39. The molecule has 0 bridgehead atoms. The summed E-state index contributed by atoms with van der Waals surface area (Å²) in [5.41, 5.74) is 8.16. The molecule has 0 atom stereocenters. The van der Waals surface area contributed by atoms with Crippen molar-refractivity contribution in [3.63, 3.8) is 0 Å². The van der Waals surface area contributed by atoms with Gasteiger partial charge in [0.25, 0.3) is 0 Å². The molecule has 3 rings (SSSR count). The minimum Gasteiger partial charge on any atom is -0.399 e. The van der Waals surface area contributed by atoms with Crippen LogP contribution in [0.2, 0.25) is 0 Å². The first-order valence-electron chi connectivity index (χ1n) is 7.50. The number of nitrogens with zero attached hydrogens (tertiary/aromatic N) is 1. The highest BCUT2D eigenvalue weighted by atomic mass is 16.3. The van der Waals surface area contributed by atoms with Gasteiger partial charge < -0.3 is 10.8 Å². The number of hydrogen-bond acceptors (Lipinski definition) is 3. The number of anilines is 1. The van der Waals surface area contributed by atoms with E-state index in [1.807, 2.05) is 42.5 Å². The molecule has 1 aliphatic heterocycles. The second kappa shape index (κ2) is 5.88. The molecule has 3 heteroatoms. The Bertz CT molecular complexity index is 572. The zero-order valence-corrected chi connectivity index (χ0v) is 12.2. The van der Waals surface area contributed by atoms with Crippen molar-refractivity contribution in [3.8, 4) is 0 Å². The monoisotopic (exact) mass is 282 g/mol. The molecule has 2 aromatic carbocycles. The van der Waals surface area contributed by atoms with Crippen molar-refractivity contribution in [2.75, 3.05) is 18.8 Å². The average Bonchev–Trinajstić information content (AvgIpc) is 2.53. The summed E-state index contributed by atoms with van der Waals surface area (Å²) < 4.78 is 0. The molecule has 110 valence electrons. The van der Waals surface area contributed by atoms with Crippen LogP contribution in [0.3, 0.4) is 0 Å². The second-order valence-corrected chi connectivity index (χ2v) is 5.92. The summed E-state index contributed by atoms with van der Waals surface area (Å²) in [5, 5.41) is 10.8. The van der Waals surface area contributed by atoms with E-state index in [1.54, 1.807) is 0 Å². The number of hydrogen-bond donors (Lipinski definition) is 2. The lowest BCUT2D eigenvalue weighted by molar-refractivity contribution is -0.0277. The number of nitrogens with two attached hydrogens (primary N) is 1. The van der Waals surface area contributed by atoms with E-state index in [-0.39, 0.29) is 0 Å². The Hall–Kier alpha value is -1.84. The molecule has 1 fully saturated rings. The molecular formula is C18H22N2O. The predicted molar refractivity (Wildman–Crippen MR) is 85.7 cm³/mol. The number of piperidine rings is 1. The maximum atomic E-state index is 10.8. The minimum atomic E-state index is -0.668.